The first-order valence-corrected chi connectivity index (χ1v) is 7.43. The highest BCUT2D eigenvalue weighted by Crippen LogP contribution is 2.26. The second kappa shape index (κ2) is 6.25. The molecule has 0 spiro atoms. The highest BCUT2D eigenvalue weighted by molar-refractivity contribution is 5.95. The Balaban J connectivity index is 1.64. The molecule has 0 bridgehead atoms. The summed E-state index contributed by atoms with van der Waals surface area (Å²) in [6, 6.07) is 11.5. The first-order valence-electron chi connectivity index (χ1n) is 7.43. The number of nitriles is 1. The lowest BCUT2D eigenvalue weighted by Gasteiger charge is -2.23. The lowest BCUT2D eigenvalue weighted by molar-refractivity contribution is -0.119. The highest BCUT2D eigenvalue weighted by Gasteiger charge is 2.37. The number of anilines is 1. The van der Waals surface area contributed by atoms with Crippen molar-refractivity contribution in [1.82, 2.24) is 10.2 Å². The molecule has 0 saturated carbocycles. The first kappa shape index (κ1) is 14.1. The van der Waals surface area contributed by atoms with Crippen molar-refractivity contribution in [1.29, 1.82) is 5.26 Å². The number of para-hydroxylation sites is 1. The van der Waals surface area contributed by atoms with Crippen molar-refractivity contribution in [2.75, 3.05) is 44.2 Å². The zero-order chi connectivity index (χ0) is 14.7. The maximum Gasteiger partial charge on any atom is 0.242 e. The second-order valence-electron chi connectivity index (χ2n) is 5.85. The van der Waals surface area contributed by atoms with Crippen LogP contribution < -0.4 is 10.2 Å². The summed E-state index contributed by atoms with van der Waals surface area (Å²) in [6.45, 7) is 4.61. The molecule has 2 atom stereocenters. The predicted molar refractivity (Wildman–Crippen MR) is 80.7 cm³/mol. The Morgan fingerprint density at radius 2 is 1.95 bits per heavy atom. The van der Waals surface area contributed by atoms with Gasteiger partial charge >= 0.3 is 0 Å². The van der Waals surface area contributed by atoms with E-state index in [4.69, 9.17) is 5.26 Å². The molecule has 0 unspecified atom stereocenters. The quantitative estimate of drug-likeness (QED) is 0.827. The minimum absolute atomic E-state index is 0.00989. The van der Waals surface area contributed by atoms with Gasteiger partial charge in [-0.15, -0.1) is 0 Å². The predicted octanol–water partition coefficient (Wildman–Crippen LogP) is 0.694. The number of nitrogens with one attached hydrogen (secondary N) is 1. The molecule has 0 radical (unpaired) electrons. The van der Waals surface area contributed by atoms with Crippen LogP contribution in [0.1, 0.15) is 0 Å². The molecule has 5 heteroatoms. The summed E-state index contributed by atoms with van der Waals surface area (Å²) in [5.41, 5.74) is 0.796. The van der Waals surface area contributed by atoms with Gasteiger partial charge in [0.15, 0.2) is 0 Å². The van der Waals surface area contributed by atoms with Gasteiger partial charge in [0.25, 0.3) is 0 Å². The summed E-state index contributed by atoms with van der Waals surface area (Å²) in [5.74, 6) is 1.37. The summed E-state index contributed by atoms with van der Waals surface area (Å²) in [6.07, 6.45) is 0. The van der Waals surface area contributed by atoms with E-state index in [0.29, 0.717) is 18.4 Å². The number of carbonyl (C=O) groups excluding carboxylic acids is 1. The Hall–Kier alpha value is -1.90. The molecule has 0 aliphatic carbocycles. The monoisotopic (exact) mass is 284 g/mol. The maximum atomic E-state index is 12.5. The van der Waals surface area contributed by atoms with Gasteiger partial charge in [0, 0.05) is 18.8 Å². The summed E-state index contributed by atoms with van der Waals surface area (Å²) in [7, 11) is 0. The van der Waals surface area contributed by atoms with Crippen LogP contribution >= 0.6 is 0 Å². The second-order valence-corrected chi connectivity index (χ2v) is 5.85. The van der Waals surface area contributed by atoms with Crippen LogP contribution in [0.25, 0.3) is 0 Å². The molecule has 0 aromatic heterocycles. The van der Waals surface area contributed by atoms with Crippen LogP contribution in [0.15, 0.2) is 30.3 Å². The Kier molecular flexibility index (Phi) is 4.18. The topological polar surface area (TPSA) is 59.4 Å². The molecule has 1 aromatic rings. The van der Waals surface area contributed by atoms with E-state index in [1.807, 2.05) is 30.3 Å². The molecule has 21 heavy (non-hydrogen) atoms. The summed E-state index contributed by atoms with van der Waals surface area (Å²) in [5, 5.41) is 12.4. The number of nitrogens with zero attached hydrogens (tertiary/aromatic N) is 3. The van der Waals surface area contributed by atoms with Crippen molar-refractivity contribution in [3.63, 3.8) is 0 Å². The third-order valence-corrected chi connectivity index (χ3v) is 4.42. The van der Waals surface area contributed by atoms with Crippen molar-refractivity contribution in [2.45, 2.75) is 0 Å². The number of fused-ring (bicyclic) bond motifs is 1. The van der Waals surface area contributed by atoms with Crippen molar-refractivity contribution in [3.8, 4) is 6.07 Å². The first-order chi connectivity index (χ1) is 10.3. The minimum Gasteiger partial charge on any atom is -0.316 e. The van der Waals surface area contributed by atoms with Crippen LogP contribution in [-0.2, 0) is 4.79 Å². The van der Waals surface area contributed by atoms with Crippen molar-refractivity contribution < 1.29 is 4.79 Å². The highest BCUT2D eigenvalue weighted by atomic mass is 16.2. The Bertz CT molecular complexity index is 527. The molecule has 2 heterocycles. The van der Waals surface area contributed by atoms with Crippen LogP contribution in [-0.4, -0.2) is 50.1 Å². The fraction of sp³-hybridized carbons (Fsp3) is 0.500. The lowest BCUT2D eigenvalue weighted by Crippen LogP contribution is -2.40. The van der Waals surface area contributed by atoms with Gasteiger partial charge in [0.1, 0.15) is 6.54 Å². The van der Waals surface area contributed by atoms with E-state index in [2.05, 4.69) is 16.3 Å². The van der Waals surface area contributed by atoms with Crippen LogP contribution in [0.4, 0.5) is 5.69 Å². The van der Waals surface area contributed by atoms with Crippen LogP contribution in [0.2, 0.25) is 0 Å². The standard InChI is InChI=1S/C16H20N4O/c17-6-7-20(15-4-2-1-3-5-15)16(21)12-19-10-13-8-18-9-14(13)11-19/h1-5,13-14,18H,7-12H2/t13-,14+. The Morgan fingerprint density at radius 3 is 2.57 bits per heavy atom. The van der Waals surface area contributed by atoms with E-state index < -0.39 is 0 Å². The Labute approximate surface area is 125 Å². The molecule has 2 fully saturated rings. The van der Waals surface area contributed by atoms with Crippen molar-refractivity contribution in [2.24, 2.45) is 11.8 Å². The van der Waals surface area contributed by atoms with Crippen LogP contribution in [0.5, 0.6) is 0 Å². The molecule has 1 aromatic carbocycles. The average Bonchev–Trinajstić information content (AvgIpc) is 3.06. The molecule has 3 rings (SSSR count). The van der Waals surface area contributed by atoms with Gasteiger partial charge in [-0.05, 0) is 37.1 Å². The van der Waals surface area contributed by atoms with Gasteiger partial charge in [0.05, 0.1) is 12.6 Å². The molecular weight excluding hydrogens is 264 g/mol. The summed E-state index contributed by atoms with van der Waals surface area (Å²) >= 11 is 0. The molecule has 2 aliphatic rings. The van der Waals surface area contributed by atoms with Crippen molar-refractivity contribution in [3.05, 3.63) is 30.3 Å². The number of likely N-dealkylation sites (tertiary alicyclic amines) is 1. The molecule has 1 amide bonds. The smallest absolute Gasteiger partial charge is 0.242 e. The number of hydrogen-bond acceptors (Lipinski definition) is 4. The minimum atomic E-state index is 0.00989. The van der Waals surface area contributed by atoms with Crippen LogP contribution in [0, 0.1) is 23.2 Å². The average molecular weight is 284 g/mol. The normalized spacial score (nSPS) is 24.5. The fourth-order valence-corrected chi connectivity index (χ4v) is 3.36. The zero-order valence-corrected chi connectivity index (χ0v) is 12.0. The molecule has 110 valence electrons. The fourth-order valence-electron chi connectivity index (χ4n) is 3.36. The van der Waals surface area contributed by atoms with Crippen molar-refractivity contribution >= 4 is 11.6 Å². The summed E-state index contributed by atoms with van der Waals surface area (Å²) < 4.78 is 0. The number of amides is 1. The number of hydrogen-bond donors (Lipinski definition) is 1. The zero-order valence-electron chi connectivity index (χ0n) is 12.0. The van der Waals surface area contributed by atoms with E-state index in [9.17, 15) is 4.79 Å². The molecule has 1 N–H and O–H groups in total. The number of carbonyl (C=O) groups is 1. The lowest BCUT2D eigenvalue weighted by atomic mass is 10.0. The van der Waals surface area contributed by atoms with Gasteiger partial charge in [-0.25, -0.2) is 0 Å². The van der Waals surface area contributed by atoms with E-state index in [1.165, 1.54) is 0 Å². The van der Waals surface area contributed by atoms with Gasteiger partial charge in [-0.2, -0.15) is 5.26 Å². The third-order valence-electron chi connectivity index (χ3n) is 4.42. The molecule has 5 nitrogen and oxygen atoms in total. The summed E-state index contributed by atoms with van der Waals surface area (Å²) in [4.78, 5) is 16.3. The largest absolute Gasteiger partial charge is 0.316 e. The van der Waals surface area contributed by atoms with E-state index in [1.54, 1.807) is 4.90 Å². The maximum absolute atomic E-state index is 12.5. The molecule has 2 saturated heterocycles. The SMILES string of the molecule is N#CCN(C(=O)CN1C[C@H]2CNC[C@H]2C1)c1ccccc1. The molecular formula is C16H20N4O. The van der Waals surface area contributed by atoms with Crippen LogP contribution in [0.3, 0.4) is 0 Å². The number of rotatable bonds is 4. The van der Waals surface area contributed by atoms with E-state index in [0.717, 1.165) is 31.9 Å². The Morgan fingerprint density at radius 1 is 1.29 bits per heavy atom. The van der Waals surface area contributed by atoms with E-state index >= 15 is 0 Å². The van der Waals surface area contributed by atoms with Gasteiger partial charge in [-0.1, -0.05) is 18.2 Å². The van der Waals surface area contributed by atoms with Gasteiger partial charge in [0.2, 0.25) is 5.91 Å². The third kappa shape index (κ3) is 3.07. The van der Waals surface area contributed by atoms with E-state index in [-0.39, 0.29) is 12.5 Å². The van der Waals surface area contributed by atoms with Gasteiger partial charge in [-0.3, -0.25) is 14.6 Å². The molecule has 2 aliphatic heterocycles. The number of benzene rings is 1. The van der Waals surface area contributed by atoms with Gasteiger partial charge < -0.3 is 5.32 Å².